The molecule has 0 radical (unpaired) electrons. The van der Waals surface area contributed by atoms with Gasteiger partial charge in [0.25, 0.3) is 0 Å². The van der Waals surface area contributed by atoms with Crippen LogP contribution >= 0.6 is 0 Å². The third-order valence-corrected chi connectivity index (χ3v) is 6.12. The van der Waals surface area contributed by atoms with Crippen molar-refractivity contribution < 1.29 is 26.8 Å². The molecular formula is C14H22N4O6S. The Balaban J connectivity index is 1.30. The van der Waals surface area contributed by atoms with Gasteiger partial charge in [-0.25, -0.2) is 4.79 Å². The summed E-state index contributed by atoms with van der Waals surface area (Å²) in [5.41, 5.74) is 0.383. The third-order valence-electron chi connectivity index (χ3n) is 5.77. The highest BCUT2D eigenvalue weighted by Crippen LogP contribution is 2.44. The lowest BCUT2D eigenvalue weighted by molar-refractivity contribution is -0.125. The van der Waals surface area contributed by atoms with Gasteiger partial charge in [-0.1, -0.05) is 0 Å². The van der Waals surface area contributed by atoms with Gasteiger partial charge in [0.1, 0.15) is 0 Å². The first-order chi connectivity index (χ1) is 11.7. The molecule has 25 heavy (non-hydrogen) atoms. The Morgan fingerprint density at radius 3 is 2.68 bits per heavy atom. The molecule has 4 rings (SSSR count). The maximum atomic E-state index is 12.3. The van der Waals surface area contributed by atoms with Crippen LogP contribution in [-0.2, 0) is 19.5 Å². The predicted octanol–water partition coefficient (Wildman–Crippen LogP) is -0.752. The molecule has 10 nitrogen and oxygen atoms in total. The van der Waals surface area contributed by atoms with E-state index in [1.54, 1.807) is 0 Å². The lowest BCUT2D eigenvalue weighted by atomic mass is 9.61. The molecule has 1 aliphatic carbocycles. The summed E-state index contributed by atoms with van der Waals surface area (Å²) in [7, 11) is -4.75. The summed E-state index contributed by atoms with van der Waals surface area (Å²) >= 11 is 0. The van der Waals surface area contributed by atoms with Crippen LogP contribution in [-0.4, -0.2) is 72.6 Å². The number of amides is 3. The molecule has 3 N–H and O–H groups in total. The summed E-state index contributed by atoms with van der Waals surface area (Å²) in [6.07, 6.45) is 3.30. The molecule has 11 heteroatoms. The van der Waals surface area contributed by atoms with Crippen LogP contribution in [0.15, 0.2) is 0 Å². The number of piperidine rings is 1. The first kappa shape index (κ1) is 17.0. The fourth-order valence-corrected chi connectivity index (χ4v) is 4.87. The van der Waals surface area contributed by atoms with Crippen molar-refractivity contribution in [3.8, 4) is 0 Å². The number of urea groups is 1. The first-order valence-corrected chi connectivity index (χ1v) is 9.88. The molecule has 1 spiro atoms. The second kappa shape index (κ2) is 5.79. The number of rotatable bonds is 5. The normalized spacial score (nSPS) is 31.0. The highest BCUT2D eigenvalue weighted by molar-refractivity contribution is 7.80. The van der Waals surface area contributed by atoms with Crippen molar-refractivity contribution in [2.45, 2.75) is 50.2 Å². The monoisotopic (exact) mass is 374 g/mol. The number of carbonyl (C=O) groups is 2. The maximum absolute atomic E-state index is 12.3. The molecule has 0 unspecified atom stereocenters. The van der Waals surface area contributed by atoms with E-state index in [4.69, 9.17) is 4.55 Å². The third kappa shape index (κ3) is 3.21. The van der Waals surface area contributed by atoms with Crippen molar-refractivity contribution in [1.29, 1.82) is 0 Å². The van der Waals surface area contributed by atoms with E-state index in [2.05, 4.69) is 14.9 Å². The van der Waals surface area contributed by atoms with E-state index in [0.29, 0.717) is 29.9 Å². The van der Waals surface area contributed by atoms with E-state index >= 15 is 0 Å². The van der Waals surface area contributed by atoms with Crippen molar-refractivity contribution in [2.75, 3.05) is 19.6 Å². The van der Waals surface area contributed by atoms with E-state index in [-0.39, 0.29) is 24.4 Å². The summed E-state index contributed by atoms with van der Waals surface area (Å²) in [5, 5.41) is 6.98. The van der Waals surface area contributed by atoms with E-state index < -0.39 is 22.5 Å². The van der Waals surface area contributed by atoms with Crippen molar-refractivity contribution in [3.05, 3.63) is 0 Å². The average Bonchev–Trinajstić information content (AvgIpc) is 2.67. The molecule has 0 aromatic rings. The van der Waals surface area contributed by atoms with Gasteiger partial charge < -0.3 is 15.5 Å². The zero-order valence-electron chi connectivity index (χ0n) is 13.7. The average molecular weight is 374 g/mol. The maximum Gasteiger partial charge on any atom is 0.418 e. The van der Waals surface area contributed by atoms with Gasteiger partial charge in [-0.15, -0.1) is 4.28 Å². The second-order valence-corrected chi connectivity index (χ2v) is 8.63. The van der Waals surface area contributed by atoms with Crippen molar-refractivity contribution >= 4 is 22.3 Å². The minimum Gasteiger partial charge on any atom is -0.353 e. The quantitative estimate of drug-likeness (QED) is 0.540. The number of hydrogen-bond donors (Lipinski definition) is 3. The summed E-state index contributed by atoms with van der Waals surface area (Å²) in [4.78, 5) is 26.0. The van der Waals surface area contributed by atoms with E-state index in [9.17, 15) is 18.0 Å². The van der Waals surface area contributed by atoms with E-state index in [0.717, 1.165) is 25.9 Å². The highest BCUT2D eigenvalue weighted by Gasteiger charge is 2.50. The summed E-state index contributed by atoms with van der Waals surface area (Å²) in [5.74, 6) is -0.0856. The summed E-state index contributed by atoms with van der Waals surface area (Å²) < 4.78 is 34.9. The van der Waals surface area contributed by atoms with Crippen LogP contribution in [0.1, 0.15) is 32.1 Å². The van der Waals surface area contributed by atoms with E-state index in [1.807, 2.05) is 0 Å². The summed E-state index contributed by atoms with van der Waals surface area (Å²) in [6.45, 7) is 2.34. The molecule has 0 aromatic heterocycles. The number of nitrogens with one attached hydrogen (secondary N) is 2. The standard InChI is InChI=1S/C14H22N4O6S/c19-12(16-9-4-14(5-9)7-15-8-14)3-10-1-2-11-6-17(10)13(20)18(11)24-25(21,22)23/h9-11,15H,1-8H2,(H,16,19)(H,21,22,23)/t10-,11+/m0/s1. The fourth-order valence-electron chi connectivity index (χ4n) is 4.48. The topological polar surface area (TPSA) is 128 Å². The van der Waals surface area contributed by atoms with Crippen LogP contribution < -0.4 is 10.6 Å². The molecule has 3 aliphatic heterocycles. The zero-order chi connectivity index (χ0) is 17.8. The largest absolute Gasteiger partial charge is 0.418 e. The lowest BCUT2D eigenvalue weighted by Gasteiger charge is -2.54. The van der Waals surface area contributed by atoms with E-state index in [1.165, 1.54) is 4.90 Å². The van der Waals surface area contributed by atoms with Crippen molar-refractivity contribution in [1.82, 2.24) is 20.6 Å². The molecule has 4 fully saturated rings. The second-order valence-electron chi connectivity index (χ2n) is 7.63. The Kier molecular flexibility index (Phi) is 3.94. The Bertz CT molecular complexity index is 685. The highest BCUT2D eigenvalue weighted by atomic mass is 32.3. The smallest absolute Gasteiger partial charge is 0.353 e. The minimum absolute atomic E-state index is 0.0856. The van der Waals surface area contributed by atoms with Gasteiger partial charge in [0.2, 0.25) is 5.91 Å². The van der Waals surface area contributed by atoms with Crippen LogP contribution in [0.3, 0.4) is 0 Å². The molecule has 3 amide bonds. The van der Waals surface area contributed by atoms with Gasteiger partial charge in [0.15, 0.2) is 0 Å². The molecule has 3 heterocycles. The molecule has 2 atom stereocenters. The number of hydroxylamine groups is 2. The van der Waals surface area contributed by atoms with Gasteiger partial charge in [0.05, 0.1) is 6.04 Å². The van der Waals surface area contributed by atoms with Gasteiger partial charge in [-0.2, -0.15) is 13.5 Å². The van der Waals surface area contributed by atoms with Crippen LogP contribution in [0.5, 0.6) is 0 Å². The van der Waals surface area contributed by atoms with Crippen LogP contribution in [0.2, 0.25) is 0 Å². The van der Waals surface area contributed by atoms with Crippen molar-refractivity contribution in [2.24, 2.45) is 5.41 Å². The fraction of sp³-hybridized carbons (Fsp3) is 0.857. The number of fused-ring (bicyclic) bond motifs is 2. The molecule has 4 aliphatic rings. The predicted molar refractivity (Wildman–Crippen MR) is 84.5 cm³/mol. The minimum atomic E-state index is -4.75. The number of nitrogens with zero attached hydrogens (tertiary/aromatic N) is 2. The lowest BCUT2D eigenvalue weighted by Crippen LogP contribution is -2.65. The van der Waals surface area contributed by atoms with Gasteiger partial charge >= 0.3 is 16.4 Å². The zero-order valence-corrected chi connectivity index (χ0v) is 14.5. The Morgan fingerprint density at radius 1 is 1.36 bits per heavy atom. The molecule has 3 saturated heterocycles. The summed E-state index contributed by atoms with van der Waals surface area (Å²) in [6, 6.07) is -1.12. The van der Waals surface area contributed by atoms with Crippen LogP contribution in [0, 0.1) is 5.41 Å². The number of carbonyl (C=O) groups excluding carboxylic acids is 2. The first-order valence-electron chi connectivity index (χ1n) is 8.52. The number of hydrogen-bond acceptors (Lipinski definition) is 6. The van der Waals surface area contributed by atoms with Gasteiger partial charge in [-0.3, -0.25) is 9.35 Å². The van der Waals surface area contributed by atoms with Gasteiger partial charge in [0, 0.05) is 38.1 Å². The molecule has 2 bridgehead atoms. The van der Waals surface area contributed by atoms with Crippen LogP contribution in [0.25, 0.3) is 0 Å². The van der Waals surface area contributed by atoms with Crippen molar-refractivity contribution in [3.63, 3.8) is 0 Å². The Labute approximate surface area is 145 Å². The SMILES string of the molecule is O=C(C[C@@H]1CC[C@@H]2CN1C(=O)N2OS(=O)(=O)O)NC1CC2(CNC2)C1. The molecule has 0 aromatic carbocycles. The Morgan fingerprint density at radius 2 is 2.08 bits per heavy atom. The Hall–Kier alpha value is -1.43. The molecule has 1 saturated carbocycles. The van der Waals surface area contributed by atoms with Crippen LogP contribution in [0.4, 0.5) is 4.79 Å². The van der Waals surface area contributed by atoms with Gasteiger partial charge in [-0.05, 0) is 31.1 Å². The molecular weight excluding hydrogens is 352 g/mol. The molecule has 140 valence electrons.